The summed E-state index contributed by atoms with van der Waals surface area (Å²) in [6.07, 6.45) is -6.13. The number of non-ortho nitro benzene ring substituents is 1. The lowest BCUT2D eigenvalue weighted by atomic mass is 9.79. The van der Waals surface area contributed by atoms with Crippen LogP contribution in [0.2, 0.25) is 0 Å². The molecule has 298 valence electrons. The number of ketones is 1. The summed E-state index contributed by atoms with van der Waals surface area (Å²) >= 11 is 0. The number of anilines is 1. The van der Waals surface area contributed by atoms with Crippen LogP contribution in [0.4, 0.5) is 11.5 Å². The zero-order valence-electron chi connectivity index (χ0n) is 31.8. The van der Waals surface area contributed by atoms with E-state index in [-0.39, 0.29) is 18.1 Å². The van der Waals surface area contributed by atoms with E-state index in [1.807, 2.05) is 54.6 Å². The van der Waals surface area contributed by atoms with Crippen molar-refractivity contribution in [2.45, 2.75) is 62.8 Å². The molecule has 5 aromatic rings. The van der Waals surface area contributed by atoms with Crippen LogP contribution in [0.15, 0.2) is 120 Å². The molecule has 15 nitrogen and oxygen atoms in total. The Bertz CT molecular complexity index is 2130. The molecule has 1 aliphatic rings. The van der Waals surface area contributed by atoms with E-state index in [4.69, 9.17) is 34.2 Å². The first-order chi connectivity index (χ1) is 27.4. The predicted molar refractivity (Wildman–Crippen MR) is 208 cm³/mol. The number of aliphatic hydroxyl groups is 1. The quantitative estimate of drug-likeness (QED) is 0.0556. The minimum atomic E-state index is -1.55. The first-order valence-electron chi connectivity index (χ1n) is 18.2. The van der Waals surface area contributed by atoms with Crippen molar-refractivity contribution in [1.82, 2.24) is 9.55 Å². The maximum atomic E-state index is 13.9. The highest BCUT2D eigenvalue weighted by Gasteiger charge is 2.54. The van der Waals surface area contributed by atoms with Crippen molar-refractivity contribution in [2.24, 2.45) is 0 Å². The zero-order chi connectivity index (χ0) is 40.7. The molecule has 0 spiro atoms. The number of benzene rings is 4. The lowest BCUT2D eigenvalue weighted by Gasteiger charge is -2.40. The van der Waals surface area contributed by atoms with Crippen LogP contribution >= 0.6 is 0 Å². The number of hydrogen-bond donors (Lipinski definition) is 2. The molecule has 3 N–H and O–H groups in total. The van der Waals surface area contributed by atoms with E-state index in [0.29, 0.717) is 34.6 Å². The van der Waals surface area contributed by atoms with Crippen LogP contribution in [-0.2, 0) is 35.8 Å². The van der Waals surface area contributed by atoms with Crippen LogP contribution in [0.25, 0.3) is 0 Å². The average Bonchev–Trinajstić information content (AvgIpc) is 3.52. The molecule has 0 amide bonds. The SMILES string of the molecule is COc1ccc(C(OC(C(C)=O)[C@H]2O[C@@H](n3ccc(N)nc3=O)[C@H](OC(C)OCCc3ccc([N+](=O)[O-])cc3)[C@@H]2O)(c2ccccc2)c2ccc(OC)cc2)cc1. The third-order valence-electron chi connectivity index (χ3n) is 9.79. The Kier molecular flexibility index (Phi) is 12.8. The lowest BCUT2D eigenvalue weighted by Crippen LogP contribution is -2.49. The van der Waals surface area contributed by atoms with Crippen molar-refractivity contribution in [3.8, 4) is 11.5 Å². The number of Topliss-reactive ketones (excluding diaryl/α,β-unsaturated/α-hetero) is 1. The van der Waals surface area contributed by atoms with Crippen molar-refractivity contribution < 1.29 is 43.2 Å². The van der Waals surface area contributed by atoms with Gasteiger partial charge in [-0.05, 0) is 72.9 Å². The molecular formula is C42H44N4O11. The summed E-state index contributed by atoms with van der Waals surface area (Å²) in [5.41, 5.74) is 6.26. The molecule has 0 saturated carbocycles. The van der Waals surface area contributed by atoms with Crippen molar-refractivity contribution in [3.05, 3.63) is 158 Å². The molecule has 1 aliphatic heterocycles. The molecule has 2 unspecified atom stereocenters. The highest BCUT2D eigenvalue weighted by atomic mass is 16.7. The van der Waals surface area contributed by atoms with E-state index >= 15 is 0 Å². The van der Waals surface area contributed by atoms with E-state index in [2.05, 4.69) is 4.98 Å². The molecule has 2 heterocycles. The van der Waals surface area contributed by atoms with E-state index in [1.54, 1.807) is 57.5 Å². The van der Waals surface area contributed by atoms with E-state index in [9.17, 15) is 24.8 Å². The van der Waals surface area contributed by atoms with Crippen LogP contribution in [0, 0.1) is 10.1 Å². The van der Waals surface area contributed by atoms with Crippen LogP contribution in [0.3, 0.4) is 0 Å². The number of carbonyl (C=O) groups is 1. The number of nitrogens with zero attached hydrogens (tertiary/aromatic N) is 3. The van der Waals surface area contributed by atoms with E-state index in [1.165, 1.54) is 31.3 Å². The Labute approximate surface area is 328 Å². The van der Waals surface area contributed by atoms with Crippen molar-refractivity contribution >= 4 is 17.3 Å². The van der Waals surface area contributed by atoms with Crippen LogP contribution in [0.5, 0.6) is 11.5 Å². The molecule has 1 aromatic heterocycles. The van der Waals surface area contributed by atoms with Gasteiger partial charge in [0.25, 0.3) is 5.69 Å². The highest BCUT2D eigenvalue weighted by Crippen LogP contribution is 2.45. The largest absolute Gasteiger partial charge is 0.497 e. The third-order valence-corrected chi connectivity index (χ3v) is 9.79. The minimum Gasteiger partial charge on any atom is -0.497 e. The first kappa shape index (κ1) is 40.7. The molecular weight excluding hydrogens is 736 g/mol. The Balaban J connectivity index is 1.37. The summed E-state index contributed by atoms with van der Waals surface area (Å²) in [6, 6.07) is 31.3. The molecule has 6 rings (SSSR count). The van der Waals surface area contributed by atoms with Crippen molar-refractivity contribution in [1.29, 1.82) is 0 Å². The van der Waals surface area contributed by atoms with Crippen LogP contribution in [0.1, 0.15) is 42.3 Å². The number of carbonyl (C=O) groups excluding carboxylic acids is 1. The van der Waals surface area contributed by atoms with Gasteiger partial charge in [0, 0.05) is 18.3 Å². The molecule has 1 saturated heterocycles. The Hall–Kier alpha value is -5.97. The summed E-state index contributed by atoms with van der Waals surface area (Å²) in [5.74, 6) is 0.699. The topological polar surface area (TPSA) is 197 Å². The number of aliphatic hydroxyl groups excluding tert-OH is 1. The predicted octanol–water partition coefficient (Wildman–Crippen LogP) is 4.97. The fourth-order valence-corrected chi connectivity index (χ4v) is 6.90. The molecule has 0 bridgehead atoms. The first-order valence-corrected chi connectivity index (χ1v) is 18.2. The highest BCUT2D eigenvalue weighted by molar-refractivity contribution is 5.81. The van der Waals surface area contributed by atoms with Gasteiger partial charge in [-0.25, -0.2) is 4.79 Å². The van der Waals surface area contributed by atoms with E-state index in [0.717, 1.165) is 10.1 Å². The normalized spacial score (nSPS) is 19.1. The van der Waals surface area contributed by atoms with Crippen molar-refractivity contribution in [3.63, 3.8) is 0 Å². The molecule has 1 fully saturated rings. The van der Waals surface area contributed by atoms with Gasteiger partial charge in [-0.1, -0.05) is 66.7 Å². The van der Waals surface area contributed by atoms with Gasteiger partial charge in [-0.2, -0.15) is 4.98 Å². The van der Waals surface area contributed by atoms with Gasteiger partial charge in [0.1, 0.15) is 47.3 Å². The van der Waals surface area contributed by atoms with Crippen molar-refractivity contribution in [2.75, 3.05) is 26.6 Å². The summed E-state index contributed by atoms with van der Waals surface area (Å²) in [7, 11) is 3.12. The second kappa shape index (κ2) is 17.9. The number of aromatic nitrogens is 2. The monoisotopic (exact) mass is 780 g/mol. The number of nitrogens with two attached hydrogens (primary N) is 1. The fraction of sp³-hybridized carbons (Fsp3) is 0.310. The minimum absolute atomic E-state index is 0.0247. The van der Waals surface area contributed by atoms with Gasteiger partial charge in [0.2, 0.25) is 0 Å². The maximum Gasteiger partial charge on any atom is 0.351 e. The Morgan fingerprint density at radius 1 is 0.930 bits per heavy atom. The summed E-state index contributed by atoms with van der Waals surface area (Å²) < 4.78 is 37.8. The number of nitrogen functional groups attached to an aromatic ring is 1. The Morgan fingerprint density at radius 3 is 2.04 bits per heavy atom. The maximum absolute atomic E-state index is 13.9. The van der Waals surface area contributed by atoms with E-state index < -0.39 is 58.9 Å². The number of rotatable bonds is 17. The second-order valence-electron chi connectivity index (χ2n) is 13.4. The summed E-state index contributed by atoms with van der Waals surface area (Å²) in [6.45, 7) is 3.11. The summed E-state index contributed by atoms with van der Waals surface area (Å²) in [4.78, 5) is 41.6. The second-order valence-corrected chi connectivity index (χ2v) is 13.4. The van der Waals surface area contributed by atoms with Gasteiger partial charge in [0.05, 0.1) is 25.7 Å². The van der Waals surface area contributed by atoms with Gasteiger partial charge >= 0.3 is 5.69 Å². The van der Waals surface area contributed by atoms with Gasteiger partial charge in [0.15, 0.2) is 18.3 Å². The number of methoxy groups -OCH3 is 2. The number of nitro benzene ring substituents is 1. The molecule has 6 atom stereocenters. The standard InChI is InChI=1S/C42H44N4O11/c1-26(47)37(57-42(29-8-6-5-7-9-29,30-12-18-33(52-3)19-13-30)31-14-20-34(53-4)21-15-31)38-36(48)39(40(56-38)45-24-22-35(43)44-41(45)49)55-27(2)54-25-23-28-10-16-32(17-11-28)46(50)51/h5-22,24,27,36-40,48H,23,25H2,1-4H3,(H2,43,44,49)/t27?,36-,37?,38+,39-,40-/m1/s1. The lowest BCUT2D eigenvalue weighted by molar-refractivity contribution is -0.384. The van der Waals surface area contributed by atoms with Gasteiger partial charge in [-0.3, -0.25) is 19.5 Å². The number of hydrogen-bond acceptors (Lipinski definition) is 13. The fourth-order valence-electron chi connectivity index (χ4n) is 6.90. The molecule has 0 radical (unpaired) electrons. The smallest absolute Gasteiger partial charge is 0.351 e. The van der Waals surface area contributed by atoms with Gasteiger partial charge in [-0.15, -0.1) is 0 Å². The van der Waals surface area contributed by atoms with Crippen LogP contribution in [-0.4, -0.2) is 76.9 Å². The number of ether oxygens (including phenoxy) is 6. The summed E-state index contributed by atoms with van der Waals surface area (Å²) in [5, 5.41) is 23.2. The average molecular weight is 781 g/mol. The molecule has 15 heteroatoms. The molecule has 4 aromatic carbocycles. The molecule has 57 heavy (non-hydrogen) atoms. The van der Waals surface area contributed by atoms with Gasteiger partial charge < -0.3 is 39.3 Å². The number of nitro groups is 1. The Morgan fingerprint density at radius 2 is 1.51 bits per heavy atom. The van der Waals surface area contributed by atoms with Crippen LogP contribution < -0.4 is 20.9 Å². The zero-order valence-corrected chi connectivity index (χ0v) is 31.8. The molecule has 0 aliphatic carbocycles. The third kappa shape index (κ3) is 8.88.